The van der Waals surface area contributed by atoms with Crippen molar-refractivity contribution >= 4 is 17.8 Å². The van der Waals surface area contributed by atoms with Crippen LogP contribution in [0.2, 0.25) is 0 Å². The zero-order valence-electron chi connectivity index (χ0n) is 22.9. The Kier molecular flexibility index (Phi) is 15.9. The second kappa shape index (κ2) is 17.7. The Morgan fingerprint density at radius 3 is 2.25 bits per heavy atom. The van der Waals surface area contributed by atoms with Crippen molar-refractivity contribution in [2.45, 2.75) is 66.3 Å². The number of carbonyl (C=O) groups is 2. The number of Topliss-reactive ketones (excluding diaryl/α,β-unsaturated/α-hetero) is 1. The van der Waals surface area contributed by atoms with Gasteiger partial charge in [-0.2, -0.15) is 5.26 Å². The minimum Gasteiger partial charge on any atom is -0.341 e. The van der Waals surface area contributed by atoms with E-state index in [1.165, 1.54) is 36.5 Å². The molecular weight excluding hydrogens is 446 g/mol. The van der Waals surface area contributed by atoms with Gasteiger partial charge in [0.05, 0.1) is 12.6 Å². The number of hydrogen-bond donors (Lipinski definition) is 2. The van der Waals surface area contributed by atoms with E-state index in [-0.39, 0.29) is 12.3 Å². The number of terminal acetylenes is 1. The maximum absolute atomic E-state index is 11.2. The van der Waals surface area contributed by atoms with E-state index in [1.807, 2.05) is 31.9 Å². The SMILES string of the molecule is C#CC(=O)NCc1ccccc1C(C)=O.C/C=C\c1c(C)cccc1C1(C)CC1.CC.CNCC#N. The third-order valence-electron chi connectivity index (χ3n) is 5.53. The molecule has 0 heterocycles. The number of benzene rings is 2. The highest BCUT2D eigenvalue weighted by molar-refractivity contribution is 5.96. The van der Waals surface area contributed by atoms with Gasteiger partial charge in [0.1, 0.15) is 0 Å². The Balaban J connectivity index is 0.000000544. The fraction of sp³-hybridized carbons (Fsp3) is 0.387. The van der Waals surface area contributed by atoms with Gasteiger partial charge in [0, 0.05) is 12.1 Å². The normalized spacial score (nSPS) is 12.1. The maximum Gasteiger partial charge on any atom is 0.295 e. The Bertz CT molecular complexity index is 1080. The molecule has 2 aromatic carbocycles. The summed E-state index contributed by atoms with van der Waals surface area (Å²) in [5, 5.41) is 12.9. The fourth-order valence-electron chi connectivity index (χ4n) is 3.38. The second-order valence-electron chi connectivity index (χ2n) is 8.33. The first-order valence-corrected chi connectivity index (χ1v) is 12.3. The first kappa shape index (κ1) is 32.3. The van der Waals surface area contributed by atoms with Crippen LogP contribution in [-0.2, 0) is 16.8 Å². The number of aryl methyl sites for hydroxylation is 1. The molecule has 2 N–H and O–H groups in total. The summed E-state index contributed by atoms with van der Waals surface area (Å²) in [7, 11) is 1.74. The molecule has 1 aliphatic rings. The molecule has 192 valence electrons. The van der Waals surface area contributed by atoms with E-state index in [9.17, 15) is 9.59 Å². The van der Waals surface area contributed by atoms with E-state index >= 15 is 0 Å². The summed E-state index contributed by atoms with van der Waals surface area (Å²) in [4.78, 5) is 22.1. The second-order valence-corrected chi connectivity index (χ2v) is 8.33. The predicted molar refractivity (Wildman–Crippen MR) is 150 cm³/mol. The zero-order chi connectivity index (χ0) is 27.6. The van der Waals surface area contributed by atoms with Gasteiger partial charge < -0.3 is 10.6 Å². The van der Waals surface area contributed by atoms with E-state index in [0.717, 1.165) is 5.56 Å². The first-order valence-electron chi connectivity index (χ1n) is 12.3. The van der Waals surface area contributed by atoms with E-state index in [2.05, 4.69) is 61.8 Å². The number of nitrogens with one attached hydrogen (secondary N) is 2. The van der Waals surface area contributed by atoms with Crippen LogP contribution in [0.15, 0.2) is 48.5 Å². The van der Waals surface area contributed by atoms with E-state index < -0.39 is 5.91 Å². The molecule has 0 spiro atoms. The van der Waals surface area contributed by atoms with Gasteiger partial charge in [-0.3, -0.25) is 9.59 Å². The monoisotopic (exact) mass is 487 g/mol. The molecule has 3 rings (SSSR count). The van der Waals surface area contributed by atoms with Crippen LogP contribution in [0, 0.1) is 30.6 Å². The Hall–Kier alpha value is -3.67. The molecule has 1 fully saturated rings. The van der Waals surface area contributed by atoms with Gasteiger partial charge in [-0.15, -0.1) is 6.42 Å². The number of carbonyl (C=O) groups excluding carboxylic acids is 2. The molecule has 5 nitrogen and oxygen atoms in total. The van der Waals surface area contributed by atoms with Gasteiger partial charge in [-0.1, -0.05) is 75.4 Å². The summed E-state index contributed by atoms with van der Waals surface area (Å²) >= 11 is 0. The number of rotatable bonds is 6. The van der Waals surface area contributed by atoms with E-state index in [1.54, 1.807) is 25.2 Å². The van der Waals surface area contributed by atoms with Gasteiger partial charge in [0.15, 0.2) is 5.78 Å². The van der Waals surface area contributed by atoms with Crippen molar-refractivity contribution in [1.29, 1.82) is 5.26 Å². The maximum atomic E-state index is 11.2. The van der Waals surface area contributed by atoms with Crippen LogP contribution >= 0.6 is 0 Å². The summed E-state index contributed by atoms with van der Waals surface area (Å²) in [5.74, 6) is 1.44. The van der Waals surface area contributed by atoms with Crippen molar-refractivity contribution in [3.8, 4) is 18.4 Å². The van der Waals surface area contributed by atoms with Crippen LogP contribution in [0.25, 0.3) is 6.08 Å². The summed E-state index contributed by atoms with van der Waals surface area (Å²) in [6.45, 7) is 12.9. The third-order valence-corrected chi connectivity index (χ3v) is 5.53. The number of amides is 1. The summed E-state index contributed by atoms with van der Waals surface area (Å²) < 4.78 is 0. The van der Waals surface area contributed by atoms with Gasteiger partial charge in [-0.25, -0.2) is 0 Å². The highest BCUT2D eigenvalue weighted by Gasteiger charge is 2.40. The molecule has 1 saturated carbocycles. The molecule has 1 amide bonds. The predicted octanol–water partition coefficient (Wildman–Crippen LogP) is 5.97. The molecule has 0 radical (unpaired) electrons. The highest BCUT2D eigenvalue weighted by Crippen LogP contribution is 2.49. The number of hydrogen-bond acceptors (Lipinski definition) is 4. The molecule has 2 aromatic rings. The molecule has 0 atom stereocenters. The molecular formula is C31H41N3O2. The zero-order valence-corrected chi connectivity index (χ0v) is 22.9. The van der Waals surface area contributed by atoms with Crippen molar-refractivity contribution in [3.05, 3.63) is 76.4 Å². The smallest absolute Gasteiger partial charge is 0.295 e. The van der Waals surface area contributed by atoms with Crippen LogP contribution < -0.4 is 10.6 Å². The average molecular weight is 488 g/mol. The standard InChI is InChI=1S/C14H18.C12H11NO2.C3H6N2.C2H6/c1-4-6-12-11(2)7-5-8-13(12)14(3)9-10-14;1-3-12(15)13-8-10-6-4-5-7-11(10)9(2)14;1-5-3-2-4;1-2/h4-8H,9-10H2,1-3H3;1,4-7H,8H2,2H3,(H,13,15);5H,3H2,1H3;1-2H3/b6-4-;;;. The average Bonchev–Trinajstić information content (AvgIpc) is 3.64. The highest BCUT2D eigenvalue weighted by atomic mass is 16.1. The number of ketones is 1. The molecule has 0 unspecified atom stereocenters. The Morgan fingerprint density at radius 2 is 1.78 bits per heavy atom. The Morgan fingerprint density at radius 1 is 1.14 bits per heavy atom. The van der Waals surface area contributed by atoms with Gasteiger partial charge in [0.25, 0.3) is 5.91 Å². The molecule has 0 saturated heterocycles. The van der Waals surface area contributed by atoms with Crippen LogP contribution in [0.5, 0.6) is 0 Å². The van der Waals surface area contributed by atoms with E-state index in [0.29, 0.717) is 17.5 Å². The lowest BCUT2D eigenvalue weighted by atomic mass is 9.90. The third kappa shape index (κ3) is 11.2. The number of allylic oxidation sites excluding steroid dienone is 1. The first-order chi connectivity index (χ1) is 17.2. The largest absolute Gasteiger partial charge is 0.341 e. The van der Waals surface area contributed by atoms with Crippen molar-refractivity contribution in [1.82, 2.24) is 10.6 Å². The van der Waals surface area contributed by atoms with Gasteiger partial charge in [0.2, 0.25) is 0 Å². The van der Waals surface area contributed by atoms with Crippen molar-refractivity contribution < 1.29 is 9.59 Å². The lowest BCUT2D eigenvalue weighted by Crippen LogP contribution is -2.21. The summed E-state index contributed by atoms with van der Waals surface area (Å²) in [5.41, 5.74) is 6.23. The topological polar surface area (TPSA) is 82.0 Å². The minimum absolute atomic E-state index is 0.0273. The van der Waals surface area contributed by atoms with Gasteiger partial charge >= 0.3 is 0 Å². The molecule has 1 aliphatic carbocycles. The molecule has 0 aromatic heterocycles. The van der Waals surface area contributed by atoms with Crippen LogP contribution in [0.4, 0.5) is 0 Å². The molecule has 36 heavy (non-hydrogen) atoms. The van der Waals surface area contributed by atoms with Crippen LogP contribution in [0.1, 0.15) is 80.1 Å². The fourth-order valence-corrected chi connectivity index (χ4v) is 3.38. The van der Waals surface area contributed by atoms with Crippen molar-refractivity contribution in [2.24, 2.45) is 0 Å². The lowest BCUT2D eigenvalue weighted by Gasteiger charge is -2.14. The molecule has 0 aliphatic heterocycles. The number of nitriles is 1. The van der Waals surface area contributed by atoms with Crippen molar-refractivity contribution in [3.63, 3.8) is 0 Å². The van der Waals surface area contributed by atoms with Crippen LogP contribution in [-0.4, -0.2) is 25.3 Å². The van der Waals surface area contributed by atoms with E-state index in [4.69, 9.17) is 11.7 Å². The lowest BCUT2D eigenvalue weighted by molar-refractivity contribution is -0.115. The Labute approximate surface area is 218 Å². The van der Waals surface area contributed by atoms with Crippen LogP contribution in [0.3, 0.4) is 0 Å². The van der Waals surface area contributed by atoms with Crippen molar-refractivity contribution in [2.75, 3.05) is 13.6 Å². The molecule has 5 heteroatoms. The summed E-state index contributed by atoms with van der Waals surface area (Å²) in [6, 6.07) is 15.7. The quantitative estimate of drug-likeness (QED) is 0.299. The van der Waals surface area contributed by atoms with Gasteiger partial charge in [-0.05, 0) is 74.2 Å². The number of nitrogens with zero attached hydrogens (tertiary/aromatic N) is 1. The molecule has 0 bridgehead atoms. The summed E-state index contributed by atoms with van der Waals surface area (Å²) in [6.07, 6.45) is 12.0. The minimum atomic E-state index is -0.478.